The first kappa shape index (κ1) is 20.9. The number of halogens is 1. The molecule has 0 saturated carbocycles. The Kier molecular flexibility index (Phi) is 6.92. The van der Waals surface area contributed by atoms with E-state index in [-0.39, 0.29) is 21.2 Å². The van der Waals surface area contributed by atoms with E-state index in [9.17, 15) is 13.2 Å². The van der Waals surface area contributed by atoms with Crippen LogP contribution in [0.2, 0.25) is 5.02 Å². The molecule has 0 radical (unpaired) electrons. The lowest BCUT2D eigenvalue weighted by Gasteiger charge is -2.14. The molecule has 0 unspecified atom stereocenters. The van der Waals surface area contributed by atoms with Gasteiger partial charge in [0, 0.05) is 6.07 Å². The number of rotatable bonds is 8. The van der Waals surface area contributed by atoms with Gasteiger partial charge in [0.2, 0.25) is 0 Å². The molecule has 27 heavy (non-hydrogen) atoms. The molecule has 9 heteroatoms. The average molecular weight is 414 g/mol. The molecule has 0 aliphatic heterocycles. The van der Waals surface area contributed by atoms with Crippen molar-refractivity contribution in [1.82, 2.24) is 0 Å². The molecule has 0 atom stereocenters. The number of hydrogen-bond acceptors (Lipinski definition) is 6. The summed E-state index contributed by atoms with van der Waals surface area (Å²) in [6, 6.07) is 8.45. The van der Waals surface area contributed by atoms with Gasteiger partial charge >= 0.3 is 5.97 Å². The molecule has 0 spiro atoms. The van der Waals surface area contributed by atoms with Gasteiger partial charge in [-0.3, -0.25) is 4.72 Å². The van der Waals surface area contributed by atoms with Crippen molar-refractivity contribution in [3.8, 4) is 11.5 Å². The Bertz CT molecular complexity index is 929. The second-order valence-electron chi connectivity index (χ2n) is 5.27. The molecule has 1 N–H and O–H groups in total. The number of ether oxygens (including phenoxy) is 3. The molecule has 2 aromatic rings. The zero-order valence-electron chi connectivity index (χ0n) is 15.1. The standard InChI is InChI=1S/C18H20ClNO6S/c1-4-25-16-9-7-13(11-17(16)26-5-2)27(22,23)20-15-10-12(18(21)24-3)6-8-14(15)19/h6-11,20H,4-5H2,1-3H3. The summed E-state index contributed by atoms with van der Waals surface area (Å²) >= 11 is 6.06. The van der Waals surface area contributed by atoms with Crippen LogP contribution in [0.4, 0.5) is 5.69 Å². The number of sulfonamides is 1. The van der Waals surface area contributed by atoms with Crippen LogP contribution in [0.15, 0.2) is 41.3 Å². The van der Waals surface area contributed by atoms with Gasteiger partial charge in [0.15, 0.2) is 11.5 Å². The topological polar surface area (TPSA) is 90.9 Å². The quantitative estimate of drug-likeness (QED) is 0.663. The Labute approximate surface area is 163 Å². The van der Waals surface area contributed by atoms with Crippen LogP contribution in [0.3, 0.4) is 0 Å². The highest BCUT2D eigenvalue weighted by molar-refractivity contribution is 7.92. The van der Waals surface area contributed by atoms with Gasteiger partial charge in [-0.1, -0.05) is 11.6 Å². The largest absolute Gasteiger partial charge is 0.490 e. The Morgan fingerprint density at radius 2 is 1.70 bits per heavy atom. The minimum absolute atomic E-state index is 0.0334. The van der Waals surface area contributed by atoms with Crippen molar-refractivity contribution in [2.24, 2.45) is 0 Å². The number of nitrogens with one attached hydrogen (secondary N) is 1. The molecule has 2 rings (SSSR count). The third-order valence-electron chi connectivity index (χ3n) is 3.46. The van der Waals surface area contributed by atoms with E-state index in [1.807, 2.05) is 6.92 Å². The van der Waals surface area contributed by atoms with E-state index in [0.29, 0.717) is 24.7 Å². The molecule has 7 nitrogen and oxygen atoms in total. The smallest absolute Gasteiger partial charge is 0.337 e. The van der Waals surface area contributed by atoms with Crippen LogP contribution < -0.4 is 14.2 Å². The van der Waals surface area contributed by atoms with Crippen molar-refractivity contribution in [2.75, 3.05) is 25.0 Å². The van der Waals surface area contributed by atoms with Crippen LogP contribution in [0.25, 0.3) is 0 Å². The van der Waals surface area contributed by atoms with Gasteiger partial charge in [0.1, 0.15) is 0 Å². The van der Waals surface area contributed by atoms with E-state index in [4.69, 9.17) is 21.1 Å². The summed E-state index contributed by atoms with van der Waals surface area (Å²) in [4.78, 5) is 11.6. The fourth-order valence-electron chi connectivity index (χ4n) is 2.25. The Balaban J connectivity index is 2.39. The molecule has 0 amide bonds. The zero-order valence-corrected chi connectivity index (χ0v) is 16.7. The summed E-state index contributed by atoms with van der Waals surface area (Å²) in [6.45, 7) is 4.37. The molecule has 0 bridgehead atoms. The van der Waals surface area contributed by atoms with Crippen molar-refractivity contribution in [2.45, 2.75) is 18.7 Å². The van der Waals surface area contributed by atoms with Crippen LogP contribution in [0.1, 0.15) is 24.2 Å². The lowest BCUT2D eigenvalue weighted by Crippen LogP contribution is -2.14. The third kappa shape index (κ3) is 5.05. The Morgan fingerprint density at radius 3 is 2.33 bits per heavy atom. The van der Waals surface area contributed by atoms with Crippen molar-refractivity contribution in [3.05, 3.63) is 47.0 Å². The number of esters is 1. The maximum atomic E-state index is 12.7. The molecule has 0 aliphatic rings. The second-order valence-corrected chi connectivity index (χ2v) is 7.36. The predicted molar refractivity (Wildman–Crippen MR) is 102 cm³/mol. The maximum Gasteiger partial charge on any atom is 0.337 e. The predicted octanol–water partition coefficient (Wildman–Crippen LogP) is 3.72. The minimum atomic E-state index is -3.98. The summed E-state index contributed by atoms with van der Waals surface area (Å²) < 4.78 is 43.4. The van der Waals surface area contributed by atoms with Crippen LogP contribution in [0.5, 0.6) is 11.5 Å². The summed E-state index contributed by atoms with van der Waals surface area (Å²) in [5, 5.41) is 0.141. The van der Waals surface area contributed by atoms with Crippen molar-refractivity contribution < 1.29 is 27.4 Å². The van der Waals surface area contributed by atoms with Gasteiger partial charge in [-0.15, -0.1) is 0 Å². The molecular weight excluding hydrogens is 394 g/mol. The highest BCUT2D eigenvalue weighted by Gasteiger charge is 2.20. The van der Waals surface area contributed by atoms with E-state index >= 15 is 0 Å². The van der Waals surface area contributed by atoms with Gasteiger partial charge < -0.3 is 14.2 Å². The SMILES string of the molecule is CCOc1ccc(S(=O)(=O)Nc2cc(C(=O)OC)ccc2Cl)cc1OCC. The van der Waals surface area contributed by atoms with Gasteiger partial charge in [-0.05, 0) is 44.2 Å². The van der Waals surface area contributed by atoms with E-state index < -0.39 is 16.0 Å². The highest BCUT2D eigenvalue weighted by atomic mass is 35.5. The lowest BCUT2D eigenvalue weighted by atomic mass is 10.2. The van der Waals surface area contributed by atoms with Crippen molar-refractivity contribution in [1.29, 1.82) is 0 Å². The maximum absolute atomic E-state index is 12.7. The number of methoxy groups -OCH3 is 1. The van der Waals surface area contributed by atoms with E-state index in [2.05, 4.69) is 9.46 Å². The first-order valence-corrected chi connectivity index (χ1v) is 9.98. The Hall–Kier alpha value is -2.45. The summed E-state index contributed by atoms with van der Waals surface area (Å²) in [6.07, 6.45) is 0. The number of hydrogen-bond donors (Lipinski definition) is 1. The zero-order chi connectivity index (χ0) is 20.0. The summed E-state index contributed by atoms with van der Waals surface area (Å²) in [5.74, 6) is 0.160. The monoisotopic (exact) mass is 413 g/mol. The van der Waals surface area contributed by atoms with Crippen LogP contribution >= 0.6 is 11.6 Å². The normalized spacial score (nSPS) is 11.0. The second kappa shape index (κ2) is 8.96. The van der Waals surface area contributed by atoms with Gasteiger partial charge in [-0.2, -0.15) is 0 Å². The van der Waals surface area contributed by atoms with Gasteiger partial charge in [0.25, 0.3) is 10.0 Å². The first-order valence-electron chi connectivity index (χ1n) is 8.12. The molecule has 0 aliphatic carbocycles. The number of carbonyl (C=O) groups is 1. The van der Waals surface area contributed by atoms with Crippen molar-refractivity contribution in [3.63, 3.8) is 0 Å². The van der Waals surface area contributed by atoms with Gasteiger partial charge in [-0.25, -0.2) is 13.2 Å². The molecule has 0 heterocycles. The van der Waals surface area contributed by atoms with Crippen molar-refractivity contribution >= 4 is 33.3 Å². The number of benzene rings is 2. The molecule has 0 aromatic heterocycles. The first-order chi connectivity index (χ1) is 12.8. The highest BCUT2D eigenvalue weighted by Crippen LogP contribution is 2.32. The van der Waals surface area contributed by atoms with E-state index in [0.717, 1.165) is 0 Å². The molecular formula is C18H20ClNO6S. The number of carbonyl (C=O) groups excluding carboxylic acids is 1. The molecule has 146 valence electrons. The summed E-state index contributed by atoms with van der Waals surface area (Å²) in [7, 11) is -2.75. The Morgan fingerprint density at radius 1 is 1.04 bits per heavy atom. The number of anilines is 1. The molecule has 0 fully saturated rings. The van der Waals surface area contributed by atoms with E-state index in [1.54, 1.807) is 6.92 Å². The minimum Gasteiger partial charge on any atom is -0.490 e. The van der Waals surface area contributed by atoms with Crippen LogP contribution in [-0.2, 0) is 14.8 Å². The van der Waals surface area contributed by atoms with Crippen LogP contribution in [0, 0.1) is 0 Å². The third-order valence-corrected chi connectivity index (χ3v) is 5.15. The fraction of sp³-hybridized carbons (Fsp3) is 0.278. The summed E-state index contributed by atoms with van der Waals surface area (Å²) in [5.41, 5.74) is 0.229. The lowest BCUT2D eigenvalue weighted by molar-refractivity contribution is 0.0601. The fourth-order valence-corrected chi connectivity index (χ4v) is 3.56. The molecule has 0 saturated heterocycles. The van der Waals surface area contributed by atoms with Gasteiger partial charge in [0.05, 0.1) is 41.5 Å². The molecule has 2 aromatic carbocycles. The average Bonchev–Trinajstić information content (AvgIpc) is 2.64. The van der Waals surface area contributed by atoms with E-state index in [1.165, 1.54) is 43.5 Å². The van der Waals surface area contributed by atoms with Crippen LogP contribution in [-0.4, -0.2) is 34.7 Å².